The van der Waals surface area contributed by atoms with E-state index in [2.05, 4.69) is 10.6 Å². The topological polar surface area (TPSA) is 50.4 Å². The van der Waals surface area contributed by atoms with Crippen molar-refractivity contribution in [2.24, 2.45) is 0 Å². The normalized spacial score (nSPS) is 10.3. The summed E-state index contributed by atoms with van der Waals surface area (Å²) in [5.74, 6) is -0.665. The zero-order valence-corrected chi connectivity index (χ0v) is 11.5. The van der Waals surface area contributed by atoms with Crippen LogP contribution in [0.2, 0.25) is 0 Å². The summed E-state index contributed by atoms with van der Waals surface area (Å²) >= 11 is 0. The van der Waals surface area contributed by atoms with Crippen molar-refractivity contribution >= 4 is 11.6 Å². The van der Waals surface area contributed by atoms with Crippen molar-refractivity contribution in [3.63, 3.8) is 0 Å². The van der Waals surface area contributed by atoms with E-state index in [1.807, 2.05) is 6.92 Å². The molecule has 5 heteroatoms. The van der Waals surface area contributed by atoms with Gasteiger partial charge in [0.05, 0.1) is 11.3 Å². The summed E-state index contributed by atoms with van der Waals surface area (Å²) < 4.78 is 18.6. The Labute approximate surface area is 113 Å². The van der Waals surface area contributed by atoms with Gasteiger partial charge in [0.2, 0.25) is 0 Å². The molecule has 0 aliphatic heterocycles. The van der Waals surface area contributed by atoms with Crippen LogP contribution in [0.1, 0.15) is 30.1 Å². The van der Waals surface area contributed by atoms with Gasteiger partial charge in [-0.15, -0.1) is 0 Å². The third kappa shape index (κ3) is 4.87. The van der Waals surface area contributed by atoms with Crippen LogP contribution >= 0.6 is 0 Å². The molecule has 0 unspecified atom stereocenters. The van der Waals surface area contributed by atoms with Gasteiger partial charge in [0.25, 0.3) is 5.91 Å². The molecule has 1 aromatic carbocycles. The van der Waals surface area contributed by atoms with Crippen LogP contribution in [-0.4, -0.2) is 32.7 Å². The number of nitrogens with one attached hydrogen (secondary N) is 2. The Kier molecular flexibility index (Phi) is 6.89. The summed E-state index contributed by atoms with van der Waals surface area (Å²) in [6, 6.07) is 4.49. The number of unbranched alkanes of at least 4 members (excludes halogenated alkanes) is 1. The molecule has 0 heterocycles. The number of carbonyl (C=O) groups is 1. The van der Waals surface area contributed by atoms with Gasteiger partial charge in [-0.25, -0.2) is 4.39 Å². The van der Waals surface area contributed by atoms with Crippen molar-refractivity contribution in [3.05, 3.63) is 29.6 Å². The first-order chi connectivity index (χ1) is 9.20. The second kappa shape index (κ2) is 8.48. The van der Waals surface area contributed by atoms with Crippen molar-refractivity contribution in [2.75, 3.05) is 32.1 Å². The molecule has 106 valence electrons. The van der Waals surface area contributed by atoms with Gasteiger partial charge in [-0.1, -0.05) is 6.07 Å². The second-order valence-corrected chi connectivity index (χ2v) is 4.15. The lowest BCUT2D eigenvalue weighted by atomic mass is 10.1. The van der Waals surface area contributed by atoms with Crippen molar-refractivity contribution in [2.45, 2.75) is 19.8 Å². The Morgan fingerprint density at radius 3 is 2.84 bits per heavy atom. The molecule has 0 aliphatic rings. The molecule has 19 heavy (non-hydrogen) atoms. The Bertz CT molecular complexity index is 410. The number of para-hydroxylation sites is 1. The van der Waals surface area contributed by atoms with Gasteiger partial charge in [0.15, 0.2) is 0 Å². The van der Waals surface area contributed by atoms with E-state index in [0.717, 1.165) is 12.8 Å². The smallest absolute Gasteiger partial charge is 0.253 e. The molecule has 4 nitrogen and oxygen atoms in total. The maximum atomic E-state index is 13.6. The van der Waals surface area contributed by atoms with Gasteiger partial charge in [-0.05, 0) is 31.9 Å². The Hall–Kier alpha value is -1.62. The lowest BCUT2D eigenvalue weighted by Gasteiger charge is -2.11. The Balaban J connectivity index is 2.58. The van der Waals surface area contributed by atoms with E-state index in [-0.39, 0.29) is 11.6 Å². The molecule has 0 saturated carbocycles. The minimum atomic E-state index is -0.408. The molecular formula is C14H21FN2O2. The monoisotopic (exact) mass is 268 g/mol. The van der Waals surface area contributed by atoms with Crippen LogP contribution in [0.15, 0.2) is 18.2 Å². The summed E-state index contributed by atoms with van der Waals surface area (Å²) in [4.78, 5) is 12.0. The first-order valence-electron chi connectivity index (χ1n) is 6.50. The van der Waals surface area contributed by atoms with Crippen LogP contribution in [0, 0.1) is 5.82 Å². The van der Waals surface area contributed by atoms with E-state index in [1.54, 1.807) is 13.2 Å². The van der Waals surface area contributed by atoms with Gasteiger partial charge in [0, 0.05) is 26.8 Å². The number of ether oxygens (including phenoxy) is 1. The van der Waals surface area contributed by atoms with E-state index in [0.29, 0.717) is 25.3 Å². The average molecular weight is 268 g/mol. The highest BCUT2D eigenvalue weighted by Gasteiger charge is 2.13. The standard InChI is InChI=1S/C14H21FN2O2/c1-3-16-13-11(7-6-8-12(13)15)14(18)17-9-4-5-10-19-2/h6-8,16H,3-5,9-10H2,1-2H3,(H,17,18). The first-order valence-corrected chi connectivity index (χ1v) is 6.50. The van der Waals surface area contributed by atoms with E-state index < -0.39 is 5.82 Å². The molecule has 0 fully saturated rings. The van der Waals surface area contributed by atoms with Crippen LogP contribution in [0.25, 0.3) is 0 Å². The van der Waals surface area contributed by atoms with Crippen LogP contribution in [0.3, 0.4) is 0 Å². The summed E-state index contributed by atoms with van der Waals surface area (Å²) in [5.41, 5.74) is 0.605. The van der Waals surface area contributed by atoms with Gasteiger partial charge < -0.3 is 15.4 Å². The fourth-order valence-electron chi connectivity index (χ4n) is 1.74. The summed E-state index contributed by atoms with van der Waals surface area (Å²) in [6.45, 7) is 3.66. The number of rotatable bonds is 8. The molecule has 1 aromatic rings. The SMILES string of the molecule is CCNc1c(F)cccc1C(=O)NCCCCOC. The van der Waals surface area contributed by atoms with Gasteiger partial charge in [-0.2, -0.15) is 0 Å². The number of halogens is 1. The second-order valence-electron chi connectivity index (χ2n) is 4.15. The highest BCUT2D eigenvalue weighted by Crippen LogP contribution is 2.19. The Morgan fingerprint density at radius 1 is 1.37 bits per heavy atom. The van der Waals surface area contributed by atoms with E-state index in [1.165, 1.54) is 12.1 Å². The predicted octanol–water partition coefficient (Wildman–Crippen LogP) is 2.41. The minimum absolute atomic E-state index is 0.257. The molecule has 0 bridgehead atoms. The van der Waals surface area contributed by atoms with Crippen molar-refractivity contribution < 1.29 is 13.9 Å². The predicted molar refractivity (Wildman–Crippen MR) is 74.0 cm³/mol. The third-order valence-electron chi connectivity index (χ3n) is 2.67. The van der Waals surface area contributed by atoms with Crippen LogP contribution < -0.4 is 10.6 Å². The van der Waals surface area contributed by atoms with Crippen LogP contribution in [-0.2, 0) is 4.74 Å². The molecule has 1 amide bonds. The van der Waals surface area contributed by atoms with Gasteiger partial charge in [-0.3, -0.25) is 4.79 Å². The zero-order valence-electron chi connectivity index (χ0n) is 11.5. The molecule has 0 radical (unpaired) electrons. The lowest BCUT2D eigenvalue weighted by molar-refractivity contribution is 0.0952. The fourth-order valence-corrected chi connectivity index (χ4v) is 1.74. The molecular weight excluding hydrogens is 247 g/mol. The molecule has 0 aromatic heterocycles. The highest BCUT2D eigenvalue weighted by molar-refractivity contribution is 5.99. The zero-order chi connectivity index (χ0) is 14.1. The third-order valence-corrected chi connectivity index (χ3v) is 2.67. The van der Waals surface area contributed by atoms with Crippen molar-refractivity contribution in [1.29, 1.82) is 0 Å². The number of methoxy groups -OCH3 is 1. The average Bonchev–Trinajstić information content (AvgIpc) is 2.41. The minimum Gasteiger partial charge on any atom is -0.385 e. The van der Waals surface area contributed by atoms with Crippen LogP contribution in [0.4, 0.5) is 10.1 Å². The molecule has 1 rings (SSSR count). The Morgan fingerprint density at radius 2 is 2.16 bits per heavy atom. The number of amides is 1. The maximum Gasteiger partial charge on any atom is 0.253 e. The summed E-state index contributed by atoms with van der Waals surface area (Å²) in [6.07, 6.45) is 1.73. The molecule has 0 aliphatic carbocycles. The first kappa shape index (κ1) is 15.4. The van der Waals surface area contributed by atoms with Crippen molar-refractivity contribution in [3.8, 4) is 0 Å². The molecule has 2 N–H and O–H groups in total. The lowest BCUT2D eigenvalue weighted by Crippen LogP contribution is -2.26. The van der Waals surface area contributed by atoms with E-state index >= 15 is 0 Å². The maximum absolute atomic E-state index is 13.6. The number of anilines is 1. The van der Waals surface area contributed by atoms with Gasteiger partial charge >= 0.3 is 0 Å². The van der Waals surface area contributed by atoms with Crippen LogP contribution in [0.5, 0.6) is 0 Å². The van der Waals surface area contributed by atoms with E-state index in [4.69, 9.17) is 4.74 Å². The van der Waals surface area contributed by atoms with E-state index in [9.17, 15) is 9.18 Å². The number of benzene rings is 1. The highest BCUT2D eigenvalue weighted by atomic mass is 19.1. The molecule has 0 spiro atoms. The number of hydrogen-bond acceptors (Lipinski definition) is 3. The summed E-state index contributed by atoms with van der Waals surface area (Å²) in [5, 5.41) is 5.66. The largest absolute Gasteiger partial charge is 0.385 e. The van der Waals surface area contributed by atoms with Gasteiger partial charge in [0.1, 0.15) is 5.82 Å². The van der Waals surface area contributed by atoms with Crippen molar-refractivity contribution in [1.82, 2.24) is 5.32 Å². The fraction of sp³-hybridized carbons (Fsp3) is 0.500. The quantitative estimate of drug-likeness (QED) is 0.712. The summed E-state index contributed by atoms with van der Waals surface area (Å²) in [7, 11) is 1.65. The number of hydrogen-bond donors (Lipinski definition) is 2. The molecule has 0 atom stereocenters. The number of carbonyl (C=O) groups excluding carboxylic acids is 1. The molecule has 0 saturated heterocycles.